The molecular formula is C17H27FN2. The van der Waals surface area contributed by atoms with Crippen LogP contribution in [0.5, 0.6) is 0 Å². The van der Waals surface area contributed by atoms with E-state index in [9.17, 15) is 4.39 Å². The van der Waals surface area contributed by atoms with E-state index in [4.69, 9.17) is 0 Å². The SMILES string of the molecule is CC(C)CN(c1cc(F)cc(CNC2CC2)c1)C(C)C. The van der Waals surface area contributed by atoms with Crippen molar-refractivity contribution >= 4 is 5.69 Å². The molecule has 2 nitrogen and oxygen atoms in total. The Balaban J connectivity index is 2.14. The van der Waals surface area contributed by atoms with Gasteiger partial charge < -0.3 is 10.2 Å². The molecule has 0 saturated heterocycles. The molecule has 0 unspecified atom stereocenters. The van der Waals surface area contributed by atoms with Gasteiger partial charge in [0.2, 0.25) is 0 Å². The Labute approximate surface area is 122 Å². The summed E-state index contributed by atoms with van der Waals surface area (Å²) in [7, 11) is 0. The van der Waals surface area contributed by atoms with Crippen molar-refractivity contribution in [3.8, 4) is 0 Å². The van der Waals surface area contributed by atoms with E-state index in [1.54, 1.807) is 12.1 Å². The summed E-state index contributed by atoms with van der Waals surface area (Å²) < 4.78 is 13.9. The second-order valence-corrected chi connectivity index (χ2v) is 6.61. The zero-order chi connectivity index (χ0) is 14.7. The number of rotatable bonds is 7. The zero-order valence-corrected chi connectivity index (χ0v) is 13.1. The van der Waals surface area contributed by atoms with Gasteiger partial charge in [0.1, 0.15) is 5.82 Å². The highest BCUT2D eigenvalue weighted by Gasteiger charge is 2.20. The number of anilines is 1. The maximum atomic E-state index is 13.9. The fourth-order valence-corrected chi connectivity index (χ4v) is 2.46. The molecular weight excluding hydrogens is 251 g/mol. The lowest BCUT2D eigenvalue weighted by Crippen LogP contribution is -2.34. The molecule has 0 heterocycles. The molecule has 0 atom stereocenters. The van der Waals surface area contributed by atoms with Crippen molar-refractivity contribution in [3.05, 3.63) is 29.6 Å². The molecule has 0 aliphatic heterocycles. The molecule has 0 bridgehead atoms. The van der Waals surface area contributed by atoms with Gasteiger partial charge in [-0.15, -0.1) is 0 Å². The normalized spacial score (nSPS) is 15.2. The second kappa shape index (κ2) is 6.57. The summed E-state index contributed by atoms with van der Waals surface area (Å²) in [4.78, 5) is 2.29. The van der Waals surface area contributed by atoms with E-state index in [0.29, 0.717) is 18.0 Å². The summed E-state index contributed by atoms with van der Waals surface area (Å²) in [5.41, 5.74) is 2.04. The Kier molecular flexibility index (Phi) is 5.03. The Morgan fingerprint density at radius 2 is 1.90 bits per heavy atom. The van der Waals surface area contributed by atoms with Crippen LogP contribution < -0.4 is 10.2 Å². The van der Waals surface area contributed by atoms with Crippen LogP contribution in [0.4, 0.5) is 10.1 Å². The quantitative estimate of drug-likeness (QED) is 0.812. The molecule has 112 valence electrons. The predicted molar refractivity (Wildman–Crippen MR) is 83.6 cm³/mol. The van der Waals surface area contributed by atoms with Crippen molar-refractivity contribution in [2.24, 2.45) is 5.92 Å². The highest BCUT2D eigenvalue weighted by Crippen LogP contribution is 2.24. The molecule has 0 spiro atoms. The summed E-state index contributed by atoms with van der Waals surface area (Å²) in [6.07, 6.45) is 2.52. The lowest BCUT2D eigenvalue weighted by atomic mass is 10.1. The van der Waals surface area contributed by atoms with Gasteiger partial charge in [-0.1, -0.05) is 13.8 Å². The summed E-state index contributed by atoms with van der Waals surface area (Å²) >= 11 is 0. The molecule has 1 saturated carbocycles. The molecule has 0 aromatic heterocycles. The third kappa shape index (κ3) is 4.48. The average molecular weight is 278 g/mol. The number of halogens is 1. The van der Waals surface area contributed by atoms with Crippen molar-refractivity contribution in [2.75, 3.05) is 11.4 Å². The Morgan fingerprint density at radius 1 is 1.20 bits per heavy atom. The molecule has 0 amide bonds. The van der Waals surface area contributed by atoms with Crippen molar-refractivity contribution in [1.82, 2.24) is 5.32 Å². The van der Waals surface area contributed by atoms with Crippen LogP contribution in [0, 0.1) is 11.7 Å². The van der Waals surface area contributed by atoms with Gasteiger partial charge in [-0.2, -0.15) is 0 Å². The third-order valence-corrected chi connectivity index (χ3v) is 3.63. The van der Waals surface area contributed by atoms with Gasteiger partial charge in [0.15, 0.2) is 0 Å². The summed E-state index contributed by atoms with van der Waals surface area (Å²) in [6.45, 7) is 10.4. The second-order valence-electron chi connectivity index (χ2n) is 6.61. The molecule has 1 aromatic rings. The number of nitrogens with one attached hydrogen (secondary N) is 1. The average Bonchev–Trinajstić information content (AvgIpc) is 3.16. The van der Waals surface area contributed by atoms with Crippen molar-refractivity contribution < 1.29 is 4.39 Å². The van der Waals surface area contributed by atoms with Crippen molar-refractivity contribution in [1.29, 1.82) is 0 Å². The molecule has 1 aliphatic carbocycles. The Morgan fingerprint density at radius 3 is 2.45 bits per heavy atom. The van der Waals surface area contributed by atoms with Crippen LogP contribution in [0.3, 0.4) is 0 Å². The van der Waals surface area contributed by atoms with Crippen LogP contribution in [-0.2, 0) is 6.54 Å². The minimum absolute atomic E-state index is 0.135. The van der Waals surface area contributed by atoms with Gasteiger partial charge in [0.25, 0.3) is 0 Å². The van der Waals surface area contributed by atoms with E-state index < -0.39 is 0 Å². The van der Waals surface area contributed by atoms with Gasteiger partial charge in [-0.05, 0) is 56.4 Å². The van der Waals surface area contributed by atoms with Crippen molar-refractivity contribution in [2.45, 2.75) is 59.2 Å². The minimum Gasteiger partial charge on any atom is -0.369 e. The molecule has 2 rings (SSSR count). The fraction of sp³-hybridized carbons (Fsp3) is 0.647. The Bertz CT molecular complexity index is 439. The molecule has 1 aliphatic rings. The van der Waals surface area contributed by atoms with Crippen LogP contribution in [0.15, 0.2) is 18.2 Å². The molecule has 1 N–H and O–H groups in total. The molecule has 3 heteroatoms. The first kappa shape index (κ1) is 15.3. The summed E-state index contributed by atoms with van der Waals surface area (Å²) in [5.74, 6) is 0.429. The topological polar surface area (TPSA) is 15.3 Å². The van der Waals surface area contributed by atoms with Crippen LogP contribution in [0.25, 0.3) is 0 Å². The molecule has 1 aromatic carbocycles. The predicted octanol–water partition coefficient (Wildman–Crippen LogP) is 3.95. The highest BCUT2D eigenvalue weighted by molar-refractivity contribution is 5.50. The van der Waals surface area contributed by atoms with E-state index >= 15 is 0 Å². The van der Waals surface area contributed by atoms with E-state index in [2.05, 4.69) is 44.0 Å². The first-order chi connectivity index (χ1) is 9.45. The van der Waals surface area contributed by atoms with E-state index in [-0.39, 0.29) is 5.82 Å². The Hall–Kier alpha value is -1.09. The number of benzene rings is 1. The number of hydrogen-bond donors (Lipinski definition) is 1. The molecule has 20 heavy (non-hydrogen) atoms. The largest absolute Gasteiger partial charge is 0.369 e. The molecule has 1 fully saturated rings. The summed E-state index contributed by atoms with van der Waals surface area (Å²) in [5, 5.41) is 3.45. The number of hydrogen-bond acceptors (Lipinski definition) is 2. The van der Waals surface area contributed by atoms with Crippen LogP contribution >= 0.6 is 0 Å². The van der Waals surface area contributed by atoms with Crippen LogP contribution in [0.1, 0.15) is 46.1 Å². The summed E-state index contributed by atoms with van der Waals surface area (Å²) in [6, 6.07) is 6.46. The molecule has 0 radical (unpaired) electrons. The van der Waals surface area contributed by atoms with Crippen molar-refractivity contribution in [3.63, 3.8) is 0 Å². The maximum Gasteiger partial charge on any atom is 0.125 e. The van der Waals surface area contributed by atoms with E-state index in [1.807, 2.05) is 0 Å². The van der Waals surface area contributed by atoms with Gasteiger partial charge >= 0.3 is 0 Å². The lowest BCUT2D eigenvalue weighted by Gasteiger charge is -2.31. The third-order valence-electron chi connectivity index (χ3n) is 3.63. The minimum atomic E-state index is -0.135. The smallest absolute Gasteiger partial charge is 0.125 e. The van der Waals surface area contributed by atoms with Gasteiger partial charge in [0.05, 0.1) is 0 Å². The van der Waals surface area contributed by atoms with Crippen LogP contribution in [-0.4, -0.2) is 18.6 Å². The van der Waals surface area contributed by atoms with Gasteiger partial charge in [0, 0.05) is 30.9 Å². The van der Waals surface area contributed by atoms with Gasteiger partial charge in [-0.25, -0.2) is 4.39 Å². The standard InChI is InChI=1S/C17H27FN2/c1-12(2)11-20(13(3)4)17-8-14(7-15(18)9-17)10-19-16-5-6-16/h7-9,12-13,16,19H,5-6,10-11H2,1-4H3. The fourth-order valence-electron chi connectivity index (χ4n) is 2.46. The highest BCUT2D eigenvalue weighted by atomic mass is 19.1. The monoisotopic (exact) mass is 278 g/mol. The van der Waals surface area contributed by atoms with E-state index in [1.165, 1.54) is 12.8 Å². The number of nitrogens with zero attached hydrogens (tertiary/aromatic N) is 1. The lowest BCUT2D eigenvalue weighted by molar-refractivity contribution is 0.566. The first-order valence-corrected chi connectivity index (χ1v) is 7.75. The zero-order valence-electron chi connectivity index (χ0n) is 13.1. The van der Waals surface area contributed by atoms with Crippen LogP contribution in [0.2, 0.25) is 0 Å². The first-order valence-electron chi connectivity index (χ1n) is 7.75. The van der Waals surface area contributed by atoms with Gasteiger partial charge in [-0.3, -0.25) is 0 Å². The maximum absolute atomic E-state index is 13.9. The van der Waals surface area contributed by atoms with E-state index in [0.717, 1.165) is 24.3 Å².